The maximum absolute atomic E-state index is 2.51. The van der Waals surface area contributed by atoms with Crippen LogP contribution in [0.1, 0.15) is 0 Å². The van der Waals surface area contributed by atoms with E-state index in [0.717, 1.165) is 11.4 Å². The SMILES string of the molecule is c1ccc(-c2cc(-c3ccccc3)cc(-c3ccc(-n4c5ccccc5c5c4ccc4c6ccccc6n(-c6cc(-c7ccccc7)cc(-c7ccccc7)c6)c45)cc3)c2)cc1. The highest BCUT2D eigenvalue weighted by molar-refractivity contribution is 6.26. The van der Waals surface area contributed by atoms with Gasteiger partial charge in [0.1, 0.15) is 0 Å². The fourth-order valence-corrected chi connectivity index (χ4v) is 9.58. The molecule has 12 aromatic rings. The van der Waals surface area contributed by atoms with Gasteiger partial charge in [-0.1, -0.05) is 176 Å². The second-order valence-corrected chi connectivity index (χ2v) is 16.1. The van der Waals surface area contributed by atoms with E-state index < -0.39 is 0 Å². The van der Waals surface area contributed by atoms with Gasteiger partial charge in [0.25, 0.3) is 0 Å². The van der Waals surface area contributed by atoms with E-state index in [0.29, 0.717) is 0 Å². The van der Waals surface area contributed by atoms with Crippen molar-refractivity contribution in [2.75, 3.05) is 0 Å². The van der Waals surface area contributed by atoms with Gasteiger partial charge in [-0.3, -0.25) is 0 Å². The van der Waals surface area contributed by atoms with Crippen LogP contribution in [0.4, 0.5) is 0 Å². The van der Waals surface area contributed by atoms with Crippen LogP contribution in [0.2, 0.25) is 0 Å². The van der Waals surface area contributed by atoms with Crippen molar-refractivity contribution in [2.24, 2.45) is 0 Å². The number of fused-ring (bicyclic) bond motifs is 7. The number of benzene rings is 10. The molecular weight excluding hydrogens is 749 g/mol. The zero-order valence-electron chi connectivity index (χ0n) is 34.0. The molecule has 62 heavy (non-hydrogen) atoms. The van der Waals surface area contributed by atoms with Gasteiger partial charge in [-0.15, -0.1) is 0 Å². The minimum absolute atomic E-state index is 1.13. The van der Waals surface area contributed by atoms with Crippen molar-refractivity contribution in [3.8, 4) is 67.0 Å². The van der Waals surface area contributed by atoms with E-state index in [4.69, 9.17) is 0 Å². The van der Waals surface area contributed by atoms with Gasteiger partial charge in [-0.2, -0.15) is 0 Å². The van der Waals surface area contributed by atoms with Crippen molar-refractivity contribution >= 4 is 43.6 Å². The molecule has 12 rings (SSSR count). The zero-order valence-corrected chi connectivity index (χ0v) is 34.0. The molecule has 10 aromatic carbocycles. The van der Waals surface area contributed by atoms with Crippen LogP contribution in [0.15, 0.2) is 243 Å². The smallest absolute Gasteiger partial charge is 0.0641 e. The summed E-state index contributed by atoms with van der Waals surface area (Å²) in [6.07, 6.45) is 0. The van der Waals surface area contributed by atoms with Crippen LogP contribution in [0.5, 0.6) is 0 Å². The van der Waals surface area contributed by atoms with Gasteiger partial charge < -0.3 is 9.13 Å². The Bertz CT molecular complexity index is 3470. The Hall–Kier alpha value is -8.20. The minimum Gasteiger partial charge on any atom is -0.309 e. The summed E-state index contributed by atoms with van der Waals surface area (Å²) in [5, 5.41) is 4.95. The van der Waals surface area contributed by atoms with Crippen LogP contribution in [0, 0.1) is 0 Å². The molecule has 0 aliphatic heterocycles. The van der Waals surface area contributed by atoms with Crippen molar-refractivity contribution in [2.45, 2.75) is 0 Å². The largest absolute Gasteiger partial charge is 0.309 e. The van der Waals surface area contributed by atoms with E-state index in [1.165, 1.54) is 99.2 Å². The Kier molecular flexibility index (Phi) is 8.53. The molecule has 2 aromatic heterocycles. The van der Waals surface area contributed by atoms with E-state index >= 15 is 0 Å². The van der Waals surface area contributed by atoms with Crippen LogP contribution >= 0.6 is 0 Å². The predicted molar refractivity (Wildman–Crippen MR) is 262 cm³/mol. The summed E-state index contributed by atoms with van der Waals surface area (Å²) in [5.74, 6) is 0. The van der Waals surface area contributed by atoms with Crippen molar-refractivity contribution in [1.29, 1.82) is 0 Å². The normalized spacial score (nSPS) is 11.5. The highest BCUT2D eigenvalue weighted by atomic mass is 15.0. The standard InChI is InChI=1S/C60H40N2/c1-5-17-41(18-6-1)46-35-47(42-19-7-2-8-20-42)37-48(36-46)45-29-31-51(32-30-45)61-57-28-16-14-26-55(57)59-58(61)34-33-54-53-25-13-15-27-56(53)62(60(54)59)52-39-49(43-21-9-3-10-22-43)38-50(40-52)44-23-11-4-12-24-44/h1-40H. The Balaban J connectivity index is 1.07. The second-order valence-electron chi connectivity index (χ2n) is 16.1. The second kappa shape index (κ2) is 14.8. The van der Waals surface area contributed by atoms with E-state index in [2.05, 4.69) is 252 Å². The van der Waals surface area contributed by atoms with Crippen molar-refractivity contribution in [1.82, 2.24) is 9.13 Å². The summed E-state index contributed by atoms with van der Waals surface area (Å²) >= 11 is 0. The lowest BCUT2D eigenvalue weighted by Gasteiger charge is -2.15. The summed E-state index contributed by atoms with van der Waals surface area (Å²) in [7, 11) is 0. The molecule has 0 atom stereocenters. The molecule has 0 radical (unpaired) electrons. The first-order valence-electron chi connectivity index (χ1n) is 21.3. The molecule has 0 aliphatic rings. The monoisotopic (exact) mass is 788 g/mol. The molecule has 290 valence electrons. The minimum atomic E-state index is 1.13. The molecule has 0 fully saturated rings. The molecule has 0 N–H and O–H groups in total. The average Bonchev–Trinajstić information content (AvgIpc) is 3.88. The summed E-state index contributed by atoms with van der Waals surface area (Å²) < 4.78 is 4.96. The van der Waals surface area contributed by atoms with Crippen molar-refractivity contribution in [3.63, 3.8) is 0 Å². The van der Waals surface area contributed by atoms with E-state index in [-0.39, 0.29) is 0 Å². The summed E-state index contributed by atoms with van der Waals surface area (Å²) in [5.41, 5.74) is 19.0. The van der Waals surface area contributed by atoms with E-state index in [9.17, 15) is 0 Å². The topological polar surface area (TPSA) is 9.86 Å². The van der Waals surface area contributed by atoms with Crippen molar-refractivity contribution in [3.05, 3.63) is 243 Å². The molecule has 2 heteroatoms. The fraction of sp³-hybridized carbons (Fsp3) is 0. The Morgan fingerprint density at radius 3 is 1.08 bits per heavy atom. The lowest BCUT2D eigenvalue weighted by atomic mass is 9.93. The molecule has 0 amide bonds. The summed E-state index contributed by atoms with van der Waals surface area (Å²) in [6, 6.07) is 88.4. The molecule has 0 bridgehead atoms. The van der Waals surface area contributed by atoms with Gasteiger partial charge in [0.05, 0.1) is 22.1 Å². The number of hydrogen-bond donors (Lipinski definition) is 0. The highest BCUT2D eigenvalue weighted by Gasteiger charge is 2.22. The van der Waals surface area contributed by atoms with Gasteiger partial charge in [-0.05, 0) is 122 Å². The van der Waals surface area contributed by atoms with Gasteiger partial charge in [0.2, 0.25) is 0 Å². The lowest BCUT2D eigenvalue weighted by Crippen LogP contribution is -1.97. The Labute approximate surface area is 360 Å². The molecule has 0 spiro atoms. The number of aromatic nitrogens is 2. The van der Waals surface area contributed by atoms with Crippen LogP contribution in [-0.4, -0.2) is 9.13 Å². The van der Waals surface area contributed by atoms with Crippen molar-refractivity contribution < 1.29 is 0 Å². The van der Waals surface area contributed by atoms with Crippen LogP contribution < -0.4 is 0 Å². The molecule has 0 unspecified atom stereocenters. The molecule has 2 heterocycles. The highest BCUT2D eigenvalue weighted by Crippen LogP contribution is 2.43. The Morgan fingerprint density at radius 1 is 0.210 bits per heavy atom. The molecule has 0 saturated carbocycles. The molecular formula is C60H40N2. The zero-order chi connectivity index (χ0) is 41.0. The van der Waals surface area contributed by atoms with Crippen LogP contribution in [0.3, 0.4) is 0 Å². The fourth-order valence-electron chi connectivity index (χ4n) is 9.58. The van der Waals surface area contributed by atoms with Crippen LogP contribution in [-0.2, 0) is 0 Å². The lowest BCUT2D eigenvalue weighted by molar-refractivity contribution is 1.17. The third-order valence-electron chi connectivity index (χ3n) is 12.5. The maximum atomic E-state index is 2.51. The quantitative estimate of drug-likeness (QED) is 0.152. The third-order valence-corrected chi connectivity index (χ3v) is 12.5. The predicted octanol–water partition coefficient (Wildman–Crippen LogP) is 16.2. The summed E-state index contributed by atoms with van der Waals surface area (Å²) in [6.45, 7) is 0. The first kappa shape index (κ1) is 35.7. The van der Waals surface area contributed by atoms with Gasteiger partial charge >= 0.3 is 0 Å². The number of rotatable bonds is 7. The summed E-state index contributed by atoms with van der Waals surface area (Å²) in [4.78, 5) is 0. The van der Waals surface area contributed by atoms with Gasteiger partial charge in [0, 0.05) is 32.9 Å². The van der Waals surface area contributed by atoms with E-state index in [1.54, 1.807) is 0 Å². The first-order chi connectivity index (χ1) is 30.7. The Morgan fingerprint density at radius 2 is 0.597 bits per heavy atom. The number of hydrogen-bond acceptors (Lipinski definition) is 0. The van der Waals surface area contributed by atoms with Gasteiger partial charge in [-0.25, -0.2) is 0 Å². The maximum Gasteiger partial charge on any atom is 0.0641 e. The molecule has 0 saturated heterocycles. The van der Waals surface area contributed by atoms with E-state index in [1.807, 2.05) is 0 Å². The van der Waals surface area contributed by atoms with Crippen LogP contribution in [0.25, 0.3) is 111 Å². The average molecular weight is 789 g/mol. The number of para-hydroxylation sites is 2. The van der Waals surface area contributed by atoms with Gasteiger partial charge in [0.15, 0.2) is 0 Å². The molecule has 0 aliphatic carbocycles. The number of nitrogens with zero attached hydrogens (tertiary/aromatic N) is 2. The first-order valence-corrected chi connectivity index (χ1v) is 21.3. The third kappa shape index (κ3) is 6.04. The molecule has 2 nitrogen and oxygen atoms in total.